The quantitative estimate of drug-likeness (QED) is 0.499. The highest BCUT2D eigenvalue weighted by Gasteiger charge is 2.20. The predicted octanol–water partition coefficient (Wildman–Crippen LogP) is 4.29. The molecule has 1 aromatic carbocycles. The monoisotopic (exact) mass is 471 g/mol. The highest BCUT2D eigenvalue weighted by atomic mass is 32.1. The maximum absolute atomic E-state index is 5.59. The van der Waals surface area contributed by atoms with Crippen molar-refractivity contribution in [3.05, 3.63) is 35.7 Å². The van der Waals surface area contributed by atoms with E-state index in [1.807, 2.05) is 19.1 Å². The van der Waals surface area contributed by atoms with Crippen molar-refractivity contribution in [2.24, 2.45) is 5.92 Å². The van der Waals surface area contributed by atoms with E-state index in [4.69, 9.17) is 24.3 Å². The average molecular weight is 472 g/mol. The third-order valence-corrected chi connectivity index (χ3v) is 7.19. The van der Waals surface area contributed by atoms with E-state index in [0.29, 0.717) is 29.7 Å². The number of aryl methyl sites for hydroxylation is 1. The molecule has 0 saturated carbocycles. The molecular formula is C24H33N5O3S. The zero-order valence-corrected chi connectivity index (χ0v) is 20.9. The summed E-state index contributed by atoms with van der Waals surface area (Å²) in [4.78, 5) is 8.23. The van der Waals surface area contributed by atoms with Crippen LogP contribution in [0.15, 0.2) is 24.4 Å². The van der Waals surface area contributed by atoms with Gasteiger partial charge in [-0.05, 0) is 57.5 Å². The summed E-state index contributed by atoms with van der Waals surface area (Å²) in [5.74, 6) is 2.55. The number of anilines is 1. The summed E-state index contributed by atoms with van der Waals surface area (Å²) in [6.07, 6.45) is 4.63. The van der Waals surface area contributed by atoms with Crippen molar-refractivity contribution in [2.45, 2.75) is 32.9 Å². The normalized spacial score (nSPS) is 16.6. The molecule has 33 heavy (non-hydrogen) atoms. The number of benzene rings is 1. The van der Waals surface area contributed by atoms with E-state index in [1.165, 1.54) is 19.4 Å². The van der Waals surface area contributed by atoms with Crippen molar-refractivity contribution in [1.29, 1.82) is 0 Å². The van der Waals surface area contributed by atoms with Crippen LogP contribution in [-0.4, -0.2) is 61.1 Å². The van der Waals surface area contributed by atoms with Crippen LogP contribution in [0.1, 0.15) is 24.1 Å². The molecule has 178 valence electrons. The molecule has 2 aromatic heterocycles. The fourth-order valence-electron chi connectivity index (χ4n) is 4.45. The van der Waals surface area contributed by atoms with Crippen molar-refractivity contribution in [3.8, 4) is 27.8 Å². The lowest BCUT2D eigenvalue weighted by Crippen LogP contribution is -2.34. The Kier molecular flexibility index (Phi) is 7.39. The van der Waals surface area contributed by atoms with Gasteiger partial charge < -0.3 is 24.4 Å². The second-order valence-electron chi connectivity index (χ2n) is 8.47. The first-order chi connectivity index (χ1) is 16.0. The third-order valence-electron chi connectivity index (χ3n) is 6.05. The van der Waals surface area contributed by atoms with E-state index in [-0.39, 0.29) is 0 Å². The first-order valence-electron chi connectivity index (χ1n) is 11.2. The summed E-state index contributed by atoms with van der Waals surface area (Å²) < 4.78 is 18.5. The molecule has 1 atom stereocenters. The number of nitrogens with one attached hydrogen (secondary N) is 1. The third kappa shape index (κ3) is 5.25. The van der Waals surface area contributed by atoms with Crippen LogP contribution in [0.3, 0.4) is 0 Å². The Bertz CT molecular complexity index is 1080. The van der Waals surface area contributed by atoms with Crippen molar-refractivity contribution in [1.82, 2.24) is 19.7 Å². The van der Waals surface area contributed by atoms with Gasteiger partial charge in [-0.3, -0.25) is 4.68 Å². The van der Waals surface area contributed by atoms with Gasteiger partial charge in [0.15, 0.2) is 16.6 Å². The molecule has 0 aliphatic carbocycles. The fourth-order valence-corrected chi connectivity index (χ4v) is 5.38. The zero-order chi connectivity index (χ0) is 23.4. The Labute approximate surface area is 199 Å². The van der Waals surface area contributed by atoms with Crippen molar-refractivity contribution < 1.29 is 14.2 Å². The molecule has 1 aliphatic rings. The van der Waals surface area contributed by atoms with Crippen molar-refractivity contribution in [2.75, 3.05) is 46.8 Å². The summed E-state index contributed by atoms with van der Waals surface area (Å²) in [5.41, 5.74) is 2.92. The predicted molar refractivity (Wildman–Crippen MR) is 132 cm³/mol. The van der Waals surface area contributed by atoms with Crippen LogP contribution in [0, 0.1) is 12.8 Å². The van der Waals surface area contributed by atoms with Crippen LogP contribution in [0.2, 0.25) is 0 Å². The van der Waals surface area contributed by atoms with Crippen LogP contribution in [0.5, 0.6) is 17.2 Å². The van der Waals surface area contributed by atoms with Crippen molar-refractivity contribution >= 4 is 16.5 Å². The minimum Gasteiger partial charge on any atom is -0.493 e. The Morgan fingerprint density at radius 3 is 2.67 bits per heavy atom. The van der Waals surface area contributed by atoms with E-state index in [1.54, 1.807) is 32.7 Å². The average Bonchev–Trinajstić information content (AvgIpc) is 3.42. The lowest BCUT2D eigenvalue weighted by molar-refractivity contribution is 0.191. The van der Waals surface area contributed by atoms with Crippen LogP contribution in [0.4, 0.5) is 5.13 Å². The summed E-state index contributed by atoms with van der Waals surface area (Å²) in [7, 11) is 7.06. The van der Waals surface area contributed by atoms with Crippen LogP contribution in [0.25, 0.3) is 10.6 Å². The molecule has 3 heterocycles. The Hall–Kier alpha value is -2.78. The minimum atomic E-state index is 0.555. The topological polar surface area (TPSA) is 73.7 Å². The van der Waals surface area contributed by atoms with Gasteiger partial charge in [-0.2, -0.15) is 5.10 Å². The summed E-state index contributed by atoms with van der Waals surface area (Å²) in [5, 5.41) is 9.13. The van der Waals surface area contributed by atoms with Gasteiger partial charge in [0.1, 0.15) is 5.69 Å². The SMILES string of the molecule is COc1ccc(CNc2nc(C)c(-c3ccn(C[C@@H]4CCCN(C)C4)n3)s2)c(OC)c1OC. The molecule has 4 rings (SSSR count). The van der Waals surface area contributed by atoms with E-state index >= 15 is 0 Å². The number of ether oxygens (including phenoxy) is 3. The van der Waals surface area contributed by atoms with E-state index < -0.39 is 0 Å². The number of aromatic nitrogens is 3. The second kappa shape index (κ2) is 10.4. The molecule has 1 fully saturated rings. The Morgan fingerprint density at radius 2 is 1.94 bits per heavy atom. The van der Waals surface area contributed by atoms with Gasteiger partial charge >= 0.3 is 0 Å². The number of thiazole rings is 1. The highest BCUT2D eigenvalue weighted by Crippen LogP contribution is 2.40. The van der Waals surface area contributed by atoms with Gasteiger partial charge in [0, 0.05) is 31.4 Å². The maximum Gasteiger partial charge on any atom is 0.203 e. The fraction of sp³-hybridized carbons (Fsp3) is 0.500. The van der Waals surface area contributed by atoms with Gasteiger partial charge in [0.05, 0.1) is 31.9 Å². The first kappa shape index (κ1) is 23.4. The highest BCUT2D eigenvalue weighted by molar-refractivity contribution is 7.19. The molecule has 3 aromatic rings. The molecule has 0 bridgehead atoms. The zero-order valence-electron chi connectivity index (χ0n) is 20.1. The minimum absolute atomic E-state index is 0.555. The number of hydrogen-bond donors (Lipinski definition) is 1. The summed E-state index contributed by atoms with van der Waals surface area (Å²) in [6, 6.07) is 5.95. The van der Waals surface area contributed by atoms with Gasteiger partial charge in [-0.1, -0.05) is 11.3 Å². The first-order valence-corrected chi connectivity index (χ1v) is 12.1. The molecule has 1 aliphatic heterocycles. The number of hydrogen-bond acceptors (Lipinski definition) is 8. The number of rotatable bonds is 9. The van der Waals surface area contributed by atoms with Crippen LogP contribution >= 0.6 is 11.3 Å². The summed E-state index contributed by atoms with van der Waals surface area (Å²) in [6.45, 7) is 5.89. The standard InChI is InChI=1S/C24H33N5O3S/c1-16-23(19-10-12-29(27-19)15-17-7-6-11-28(2)14-17)33-24(26-16)25-13-18-8-9-20(30-3)22(32-5)21(18)31-4/h8-10,12,17H,6-7,11,13-15H2,1-5H3,(H,25,26)/t17-/m1/s1. The molecule has 0 spiro atoms. The largest absolute Gasteiger partial charge is 0.493 e. The van der Waals surface area contributed by atoms with Gasteiger partial charge in [0.25, 0.3) is 0 Å². The lowest BCUT2D eigenvalue weighted by atomic mass is 9.99. The smallest absolute Gasteiger partial charge is 0.203 e. The van der Waals surface area contributed by atoms with E-state index in [2.05, 4.69) is 34.2 Å². The number of nitrogens with zero attached hydrogens (tertiary/aromatic N) is 4. The van der Waals surface area contributed by atoms with E-state index in [0.717, 1.165) is 40.0 Å². The molecule has 8 nitrogen and oxygen atoms in total. The van der Waals surface area contributed by atoms with Gasteiger partial charge in [-0.25, -0.2) is 4.98 Å². The van der Waals surface area contributed by atoms with Crippen molar-refractivity contribution in [3.63, 3.8) is 0 Å². The lowest BCUT2D eigenvalue weighted by Gasteiger charge is -2.29. The second-order valence-corrected chi connectivity index (χ2v) is 9.47. The maximum atomic E-state index is 5.59. The molecular weight excluding hydrogens is 438 g/mol. The Morgan fingerprint density at radius 1 is 1.12 bits per heavy atom. The van der Waals surface area contributed by atoms with Gasteiger partial charge in [-0.15, -0.1) is 0 Å². The molecule has 0 radical (unpaired) electrons. The number of likely N-dealkylation sites (tertiary alicyclic amines) is 1. The molecule has 0 amide bonds. The molecule has 1 N–H and O–H groups in total. The molecule has 1 saturated heterocycles. The van der Waals surface area contributed by atoms with Crippen LogP contribution < -0.4 is 19.5 Å². The van der Waals surface area contributed by atoms with E-state index in [9.17, 15) is 0 Å². The summed E-state index contributed by atoms with van der Waals surface area (Å²) >= 11 is 1.62. The molecule has 9 heteroatoms. The number of methoxy groups -OCH3 is 3. The van der Waals surface area contributed by atoms with Gasteiger partial charge in [0.2, 0.25) is 5.75 Å². The molecule has 0 unspecified atom stereocenters. The number of piperidine rings is 1. The van der Waals surface area contributed by atoms with Crippen LogP contribution in [-0.2, 0) is 13.1 Å². The Balaban J connectivity index is 1.45.